The molecule has 18 heavy (non-hydrogen) atoms. The number of nitrogens with two attached hydrogens (primary N) is 1. The van der Waals surface area contributed by atoms with Gasteiger partial charge in [-0.15, -0.1) is 0 Å². The smallest absolute Gasteiger partial charge is 0.133 e. The summed E-state index contributed by atoms with van der Waals surface area (Å²) < 4.78 is 0. The van der Waals surface area contributed by atoms with Crippen molar-refractivity contribution in [1.29, 1.82) is 0 Å². The molecule has 1 fully saturated rings. The largest absolute Gasteiger partial charge is 0.352 e. The van der Waals surface area contributed by atoms with Crippen LogP contribution in [-0.2, 0) is 0 Å². The molecule has 0 radical (unpaired) electrons. The topological polar surface area (TPSA) is 45.4 Å². The molecule has 2 heterocycles. The number of likely N-dealkylation sites (N-methyl/N-ethyl adjacent to an activating group) is 1. The van der Waals surface area contributed by atoms with E-state index >= 15 is 0 Å². The Labute approximate surface area is 110 Å². The van der Waals surface area contributed by atoms with E-state index in [-0.39, 0.29) is 6.04 Å². The van der Waals surface area contributed by atoms with Gasteiger partial charge in [0.25, 0.3) is 0 Å². The van der Waals surface area contributed by atoms with Crippen molar-refractivity contribution in [2.75, 3.05) is 32.1 Å². The van der Waals surface area contributed by atoms with Gasteiger partial charge in [0.2, 0.25) is 0 Å². The molecule has 2 N–H and O–H groups in total. The first kappa shape index (κ1) is 13.3. The summed E-state index contributed by atoms with van der Waals surface area (Å²) in [6.45, 7) is 4.20. The van der Waals surface area contributed by atoms with Crippen LogP contribution in [0.15, 0.2) is 18.3 Å². The first-order valence-corrected chi connectivity index (χ1v) is 6.71. The molecule has 2 atom stereocenters. The molecule has 0 aliphatic carbocycles. The van der Waals surface area contributed by atoms with E-state index in [0.29, 0.717) is 6.04 Å². The van der Waals surface area contributed by atoms with Gasteiger partial charge in [-0.05, 0) is 39.9 Å². The van der Waals surface area contributed by atoms with Gasteiger partial charge in [-0.1, -0.05) is 6.07 Å². The maximum atomic E-state index is 6.05. The number of anilines is 1. The van der Waals surface area contributed by atoms with Crippen LogP contribution in [0, 0.1) is 0 Å². The van der Waals surface area contributed by atoms with Gasteiger partial charge in [-0.2, -0.15) is 0 Å². The molecule has 0 amide bonds. The molecule has 1 aromatic heterocycles. The minimum Gasteiger partial charge on any atom is -0.352 e. The molecule has 2 rings (SSSR count). The van der Waals surface area contributed by atoms with Crippen LogP contribution in [0.1, 0.15) is 31.4 Å². The lowest BCUT2D eigenvalue weighted by Gasteiger charge is -2.30. The Morgan fingerprint density at radius 2 is 2.33 bits per heavy atom. The summed E-state index contributed by atoms with van der Waals surface area (Å²) in [5.74, 6) is 1.08. The van der Waals surface area contributed by atoms with Gasteiger partial charge in [0, 0.05) is 36.9 Å². The molecule has 0 saturated carbocycles. The Morgan fingerprint density at radius 1 is 1.56 bits per heavy atom. The lowest BCUT2D eigenvalue weighted by atomic mass is 10.1. The zero-order chi connectivity index (χ0) is 13.1. The van der Waals surface area contributed by atoms with E-state index in [9.17, 15) is 0 Å². The summed E-state index contributed by atoms with van der Waals surface area (Å²) >= 11 is 0. The Hall–Kier alpha value is -1.13. The third-order valence-electron chi connectivity index (χ3n) is 3.53. The number of pyridine rings is 1. The molecule has 1 aliphatic heterocycles. The first-order chi connectivity index (χ1) is 8.59. The van der Waals surface area contributed by atoms with E-state index in [0.717, 1.165) is 24.5 Å². The molecule has 100 valence electrons. The SMILES string of the molecule is C[C@H](N)c1cccnc1N1CCCC1CN(C)C. The minimum atomic E-state index is 0.0364. The third-order valence-corrected chi connectivity index (χ3v) is 3.53. The van der Waals surface area contributed by atoms with E-state index in [1.807, 2.05) is 19.2 Å². The molecular weight excluding hydrogens is 224 g/mol. The van der Waals surface area contributed by atoms with Crippen LogP contribution in [0.3, 0.4) is 0 Å². The van der Waals surface area contributed by atoms with E-state index in [2.05, 4.69) is 34.9 Å². The number of nitrogens with zero attached hydrogens (tertiary/aromatic N) is 3. The molecule has 0 spiro atoms. The molecule has 0 bridgehead atoms. The quantitative estimate of drug-likeness (QED) is 0.879. The van der Waals surface area contributed by atoms with Gasteiger partial charge in [-0.25, -0.2) is 4.98 Å². The van der Waals surface area contributed by atoms with Crippen LogP contribution in [-0.4, -0.2) is 43.1 Å². The molecular formula is C14H24N4. The second-order valence-electron chi connectivity index (χ2n) is 5.46. The molecule has 1 unspecified atom stereocenters. The summed E-state index contributed by atoms with van der Waals surface area (Å²) in [6, 6.07) is 4.67. The lowest BCUT2D eigenvalue weighted by Crippen LogP contribution is -2.38. The average Bonchev–Trinajstić information content (AvgIpc) is 2.76. The summed E-state index contributed by atoms with van der Waals surface area (Å²) in [5.41, 5.74) is 7.21. The summed E-state index contributed by atoms with van der Waals surface area (Å²) in [7, 11) is 4.25. The van der Waals surface area contributed by atoms with Gasteiger partial charge < -0.3 is 15.5 Å². The highest BCUT2D eigenvalue weighted by Gasteiger charge is 2.28. The predicted octanol–water partition coefficient (Wildman–Crippen LogP) is 1.63. The van der Waals surface area contributed by atoms with Crippen LogP contribution in [0.25, 0.3) is 0 Å². The van der Waals surface area contributed by atoms with Crippen molar-refractivity contribution < 1.29 is 0 Å². The van der Waals surface area contributed by atoms with Gasteiger partial charge >= 0.3 is 0 Å². The fourth-order valence-corrected chi connectivity index (χ4v) is 2.73. The van der Waals surface area contributed by atoms with E-state index < -0.39 is 0 Å². The molecule has 1 aromatic rings. The van der Waals surface area contributed by atoms with Crippen molar-refractivity contribution in [3.63, 3.8) is 0 Å². The Kier molecular flexibility index (Phi) is 4.19. The van der Waals surface area contributed by atoms with Crippen molar-refractivity contribution in [1.82, 2.24) is 9.88 Å². The fourth-order valence-electron chi connectivity index (χ4n) is 2.73. The normalized spacial score (nSPS) is 21.6. The Morgan fingerprint density at radius 3 is 3.00 bits per heavy atom. The average molecular weight is 248 g/mol. The number of aromatic nitrogens is 1. The number of rotatable bonds is 4. The van der Waals surface area contributed by atoms with E-state index in [4.69, 9.17) is 5.73 Å². The van der Waals surface area contributed by atoms with Crippen molar-refractivity contribution in [3.8, 4) is 0 Å². The standard InChI is InChI=1S/C14H24N4/c1-11(15)13-7-4-8-16-14(13)18-9-5-6-12(18)10-17(2)3/h4,7-8,11-12H,5-6,9-10,15H2,1-3H3/t11-,12?/m0/s1. The van der Waals surface area contributed by atoms with Crippen molar-refractivity contribution in [2.45, 2.75) is 31.8 Å². The maximum absolute atomic E-state index is 6.05. The highest BCUT2D eigenvalue weighted by molar-refractivity contribution is 5.50. The van der Waals surface area contributed by atoms with Gasteiger partial charge in [0.15, 0.2) is 0 Å². The molecule has 4 nitrogen and oxygen atoms in total. The number of hydrogen-bond acceptors (Lipinski definition) is 4. The molecule has 4 heteroatoms. The molecule has 0 aromatic carbocycles. The maximum Gasteiger partial charge on any atom is 0.133 e. The zero-order valence-electron chi connectivity index (χ0n) is 11.6. The lowest BCUT2D eigenvalue weighted by molar-refractivity contribution is 0.371. The monoisotopic (exact) mass is 248 g/mol. The molecule has 1 saturated heterocycles. The Bertz CT molecular complexity index is 389. The second kappa shape index (κ2) is 5.67. The van der Waals surface area contributed by atoms with Crippen LogP contribution >= 0.6 is 0 Å². The zero-order valence-corrected chi connectivity index (χ0v) is 11.6. The van der Waals surface area contributed by atoms with Crippen molar-refractivity contribution in [3.05, 3.63) is 23.9 Å². The predicted molar refractivity (Wildman–Crippen MR) is 75.8 cm³/mol. The second-order valence-corrected chi connectivity index (χ2v) is 5.46. The molecule has 1 aliphatic rings. The summed E-state index contributed by atoms with van der Waals surface area (Å²) in [5, 5.41) is 0. The van der Waals surface area contributed by atoms with Crippen LogP contribution in [0.4, 0.5) is 5.82 Å². The third kappa shape index (κ3) is 2.82. The fraction of sp³-hybridized carbons (Fsp3) is 0.643. The van der Waals surface area contributed by atoms with Crippen LogP contribution < -0.4 is 10.6 Å². The van der Waals surface area contributed by atoms with Crippen molar-refractivity contribution >= 4 is 5.82 Å². The first-order valence-electron chi connectivity index (χ1n) is 6.71. The highest BCUT2D eigenvalue weighted by Crippen LogP contribution is 2.29. The van der Waals surface area contributed by atoms with E-state index in [1.54, 1.807) is 0 Å². The van der Waals surface area contributed by atoms with Crippen LogP contribution in [0.5, 0.6) is 0 Å². The van der Waals surface area contributed by atoms with Crippen LogP contribution in [0.2, 0.25) is 0 Å². The van der Waals surface area contributed by atoms with Crippen molar-refractivity contribution in [2.24, 2.45) is 5.73 Å². The van der Waals surface area contributed by atoms with Gasteiger partial charge in [-0.3, -0.25) is 0 Å². The number of hydrogen-bond donors (Lipinski definition) is 1. The Balaban J connectivity index is 2.24. The summed E-state index contributed by atoms with van der Waals surface area (Å²) in [4.78, 5) is 9.24. The minimum absolute atomic E-state index is 0.0364. The summed E-state index contributed by atoms with van der Waals surface area (Å²) in [6.07, 6.45) is 4.35. The van der Waals surface area contributed by atoms with E-state index in [1.165, 1.54) is 12.8 Å². The highest BCUT2D eigenvalue weighted by atomic mass is 15.3. The van der Waals surface area contributed by atoms with Gasteiger partial charge in [0.1, 0.15) is 5.82 Å². The van der Waals surface area contributed by atoms with Gasteiger partial charge in [0.05, 0.1) is 0 Å².